The van der Waals surface area contributed by atoms with Crippen molar-refractivity contribution in [2.75, 3.05) is 7.11 Å². The lowest BCUT2D eigenvalue weighted by Gasteiger charge is -2.11. The average Bonchev–Trinajstić information content (AvgIpc) is 2.75. The molecule has 3 aromatic rings. The quantitative estimate of drug-likeness (QED) is 0.420. The Hall–Kier alpha value is -3.60. The molecule has 5 heteroatoms. The monoisotopic (exact) mass is 416 g/mol. The van der Waals surface area contributed by atoms with E-state index >= 15 is 0 Å². The number of benzene rings is 3. The second-order valence-corrected chi connectivity index (χ2v) is 7.58. The molecule has 0 fully saturated rings. The van der Waals surface area contributed by atoms with Crippen LogP contribution in [0.25, 0.3) is 0 Å². The highest BCUT2D eigenvalue weighted by Crippen LogP contribution is 2.28. The lowest BCUT2D eigenvalue weighted by Crippen LogP contribution is -2.20. The van der Waals surface area contributed by atoms with Crippen molar-refractivity contribution in [3.8, 4) is 11.5 Å². The van der Waals surface area contributed by atoms with Gasteiger partial charge in [-0.25, -0.2) is 5.43 Å². The van der Waals surface area contributed by atoms with E-state index in [0.717, 1.165) is 22.3 Å². The maximum Gasteiger partial charge on any atom is 0.244 e. The van der Waals surface area contributed by atoms with Crippen LogP contribution in [-0.2, 0) is 17.8 Å². The molecule has 1 N–H and O–H groups in total. The lowest BCUT2D eigenvalue weighted by atomic mass is 10.0. The van der Waals surface area contributed by atoms with Crippen LogP contribution in [0.2, 0.25) is 0 Å². The van der Waals surface area contributed by atoms with E-state index < -0.39 is 0 Å². The van der Waals surface area contributed by atoms with E-state index in [2.05, 4.69) is 35.7 Å². The first-order valence-electron chi connectivity index (χ1n) is 10.2. The van der Waals surface area contributed by atoms with Crippen molar-refractivity contribution >= 4 is 12.1 Å². The van der Waals surface area contributed by atoms with Crippen LogP contribution in [-0.4, -0.2) is 19.2 Å². The van der Waals surface area contributed by atoms with Crippen molar-refractivity contribution < 1.29 is 14.3 Å². The van der Waals surface area contributed by atoms with Crippen molar-refractivity contribution in [1.82, 2.24) is 5.43 Å². The minimum atomic E-state index is -0.159. The van der Waals surface area contributed by atoms with Gasteiger partial charge in [0, 0.05) is 0 Å². The minimum absolute atomic E-state index is 0.159. The standard InChI is InChI=1S/C26H28N2O3/c1-18-5-8-21(9-6-18)17-31-24-12-10-22(14-25(24)30-4)16-27-28-26(29)15-23-11-7-19(2)13-20(23)3/h5-14,16H,15,17H2,1-4H3,(H,28,29)/b27-16+. The molecule has 1 amide bonds. The van der Waals surface area contributed by atoms with Crippen molar-refractivity contribution in [2.24, 2.45) is 5.10 Å². The Morgan fingerprint density at radius 2 is 1.68 bits per heavy atom. The number of aryl methyl sites for hydroxylation is 3. The minimum Gasteiger partial charge on any atom is -0.493 e. The molecule has 31 heavy (non-hydrogen) atoms. The fourth-order valence-corrected chi connectivity index (χ4v) is 3.16. The molecule has 3 aromatic carbocycles. The molecule has 3 rings (SSSR count). The molecule has 0 saturated carbocycles. The van der Waals surface area contributed by atoms with Gasteiger partial charge in [0.15, 0.2) is 11.5 Å². The van der Waals surface area contributed by atoms with E-state index in [4.69, 9.17) is 9.47 Å². The second-order valence-electron chi connectivity index (χ2n) is 7.58. The zero-order chi connectivity index (χ0) is 22.2. The molecular weight excluding hydrogens is 388 g/mol. The Kier molecular flexibility index (Phi) is 7.44. The number of hydrazone groups is 1. The Bertz CT molecular complexity index is 1070. The Balaban J connectivity index is 1.57. The summed E-state index contributed by atoms with van der Waals surface area (Å²) in [4.78, 5) is 12.2. The molecule has 0 radical (unpaired) electrons. The Morgan fingerprint density at radius 3 is 2.39 bits per heavy atom. The number of hydrogen-bond acceptors (Lipinski definition) is 4. The number of nitrogens with one attached hydrogen (secondary N) is 1. The van der Waals surface area contributed by atoms with Crippen LogP contribution in [0.3, 0.4) is 0 Å². The summed E-state index contributed by atoms with van der Waals surface area (Å²) in [6.45, 7) is 6.56. The molecule has 160 valence electrons. The van der Waals surface area contributed by atoms with Crippen LogP contribution >= 0.6 is 0 Å². The third-order valence-corrected chi connectivity index (χ3v) is 4.95. The number of methoxy groups -OCH3 is 1. The van der Waals surface area contributed by atoms with Gasteiger partial charge in [-0.05, 0) is 61.2 Å². The zero-order valence-electron chi connectivity index (χ0n) is 18.4. The molecular formula is C26H28N2O3. The number of ether oxygens (including phenoxy) is 2. The van der Waals surface area contributed by atoms with Gasteiger partial charge in [0.2, 0.25) is 5.91 Å². The molecule has 0 heterocycles. The van der Waals surface area contributed by atoms with E-state index in [0.29, 0.717) is 24.5 Å². The summed E-state index contributed by atoms with van der Waals surface area (Å²) in [5.41, 5.74) is 8.96. The summed E-state index contributed by atoms with van der Waals surface area (Å²) < 4.78 is 11.3. The van der Waals surface area contributed by atoms with Crippen LogP contribution in [0.1, 0.15) is 33.4 Å². The van der Waals surface area contributed by atoms with Crippen LogP contribution < -0.4 is 14.9 Å². The molecule has 5 nitrogen and oxygen atoms in total. The Labute approximate surface area is 183 Å². The van der Waals surface area contributed by atoms with E-state index in [1.165, 1.54) is 11.1 Å². The molecule has 0 aliphatic heterocycles. The van der Waals surface area contributed by atoms with Crippen LogP contribution in [0, 0.1) is 20.8 Å². The van der Waals surface area contributed by atoms with Gasteiger partial charge < -0.3 is 9.47 Å². The molecule has 0 aliphatic rings. The summed E-state index contributed by atoms with van der Waals surface area (Å²) in [5, 5.41) is 4.07. The summed E-state index contributed by atoms with van der Waals surface area (Å²) in [5.74, 6) is 1.10. The number of carbonyl (C=O) groups is 1. The van der Waals surface area contributed by atoms with Gasteiger partial charge in [-0.15, -0.1) is 0 Å². The SMILES string of the molecule is COc1cc(/C=N/NC(=O)Cc2ccc(C)cc2C)ccc1OCc1ccc(C)cc1. The first kappa shape index (κ1) is 22.1. The summed E-state index contributed by atoms with van der Waals surface area (Å²) in [6.07, 6.45) is 1.88. The van der Waals surface area contributed by atoms with Crippen molar-refractivity contribution in [3.63, 3.8) is 0 Å². The van der Waals surface area contributed by atoms with Gasteiger partial charge in [-0.3, -0.25) is 4.79 Å². The van der Waals surface area contributed by atoms with Gasteiger partial charge in [-0.2, -0.15) is 5.10 Å². The van der Waals surface area contributed by atoms with Gasteiger partial charge in [0.25, 0.3) is 0 Å². The fourth-order valence-electron chi connectivity index (χ4n) is 3.16. The largest absolute Gasteiger partial charge is 0.493 e. The van der Waals surface area contributed by atoms with Gasteiger partial charge in [-0.1, -0.05) is 53.6 Å². The summed E-state index contributed by atoms with van der Waals surface area (Å²) in [6, 6.07) is 19.8. The first-order valence-corrected chi connectivity index (χ1v) is 10.2. The maximum absolute atomic E-state index is 12.2. The van der Waals surface area contributed by atoms with Gasteiger partial charge >= 0.3 is 0 Å². The predicted octanol–water partition coefficient (Wildman–Crippen LogP) is 4.89. The highest BCUT2D eigenvalue weighted by atomic mass is 16.5. The number of amides is 1. The molecule has 0 bridgehead atoms. The number of hydrogen-bond donors (Lipinski definition) is 1. The maximum atomic E-state index is 12.2. The van der Waals surface area contributed by atoms with E-state index in [-0.39, 0.29) is 5.91 Å². The number of rotatable bonds is 8. The third-order valence-electron chi connectivity index (χ3n) is 4.95. The molecule has 0 unspecified atom stereocenters. The van der Waals surface area contributed by atoms with Gasteiger partial charge in [0.05, 0.1) is 19.7 Å². The summed E-state index contributed by atoms with van der Waals surface area (Å²) in [7, 11) is 1.60. The zero-order valence-corrected chi connectivity index (χ0v) is 18.4. The third kappa shape index (κ3) is 6.44. The van der Waals surface area contributed by atoms with Crippen LogP contribution in [0.4, 0.5) is 0 Å². The Morgan fingerprint density at radius 1 is 0.935 bits per heavy atom. The van der Waals surface area contributed by atoms with Crippen LogP contribution in [0.15, 0.2) is 65.8 Å². The molecule has 0 aromatic heterocycles. The first-order chi connectivity index (χ1) is 14.9. The van der Waals surface area contributed by atoms with Crippen molar-refractivity contribution in [1.29, 1.82) is 0 Å². The van der Waals surface area contributed by atoms with Crippen LogP contribution in [0.5, 0.6) is 11.5 Å². The smallest absolute Gasteiger partial charge is 0.244 e. The fraction of sp³-hybridized carbons (Fsp3) is 0.231. The predicted molar refractivity (Wildman–Crippen MR) is 124 cm³/mol. The summed E-state index contributed by atoms with van der Waals surface area (Å²) >= 11 is 0. The highest BCUT2D eigenvalue weighted by Gasteiger charge is 2.07. The lowest BCUT2D eigenvalue weighted by molar-refractivity contribution is -0.120. The highest BCUT2D eigenvalue weighted by molar-refractivity contribution is 5.84. The normalized spacial score (nSPS) is 10.8. The topological polar surface area (TPSA) is 59.9 Å². The number of nitrogens with zero attached hydrogens (tertiary/aromatic N) is 1. The molecule has 0 atom stereocenters. The number of carbonyl (C=O) groups excluding carboxylic acids is 1. The molecule has 0 saturated heterocycles. The van der Waals surface area contributed by atoms with Crippen molar-refractivity contribution in [3.05, 3.63) is 94.0 Å². The molecule has 0 spiro atoms. The van der Waals surface area contributed by atoms with E-state index in [9.17, 15) is 4.79 Å². The van der Waals surface area contributed by atoms with Crippen molar-refractivity contribution in [2.45, 2.75) is 33.8 Å². The molecule has 0 aliphatic carbocycles. The second kappa shape index (κ2) is 10.4. The van der Waals surface area contributed by atoms with E-state index in [1.54, 1.807) is 13.3 Å². The van der Waals surface area contributed by atoms with E-state index in [1.807, 2.05) is 56.3 Å². The van der Waals surface area contributed by atoms with Gasteiger partial charge in [0.1, 0.15) is 6.61 Å². The average molecular weight is 417 g/mol.